The van der Waals surface area contributed by atoms with E-state index in [9.17, 15) is 4.79 Å². The number of benzene rings is 1. The van der Waals surface area contributed by atoms with Crippen molar-refractivity contribution >= 4 is 11.6 Å². The molecule has 17 heavy (non-hydrogen) atoms. The van der Waals surface area contributed by atoms with Crippen LogP contribution in [0.1, 0.15) is 30.9 Å². The molecule has 1 amide bonds. The first kappa shape index (κ1) is 12.1. The molecule has 0 heterocycles. The number of carbonyl (C=O) groups excluding carboxylic acids is 1. The van der Waals surface area contributed by atoms with Gasteiger partial charge in [0.05, 0.1) is 6.04 Å². The van der Waals surface area contributed by atoms with Gasteiger partial charge < -0.3 is 10.6 Å². The maximum atomic E-state index is 11.9. The minimum absolute atomic E-state index is 0.0452. The molecule has 1 aromatic rings. The Labute approximate surface area is 103 Å². The van der Waals surface area contributed by atoms with Crippen LogP contribution in [0, 0.1) is 13.8 Å². The molecule has 0 radical (unpaired) electrons. The highest BCUT2D eigenvalue weighted by Crippen LogP contribution is 2.20. The van der Waals surface area contributed by atoms with Crippen molar-refractivity contribution < 1.29 is 4.79 Å². The highest BCUT2D eigenvalue weighted by atomic mass is 16.2. The van der Waals surface area contributed by atoms with Crippen LogP contribution in [0.3, 0.4) is 0 Å². The Morgan fingerprint density at radius 1 is 1.35 bits per heavy atom. The fraction of sp³-hybridized carbons (Fsp3) is 0.500. The number of amides is 1. The fourth-order valence-electron chi connectivity index (χ4n) is 1.87. The topological polar surface area (TPSA) is 41.1 Å². The number of hydrogen-bond acceptors (Lipinski definition) is 2. The molecule has 1 aromatic carbocycles. The lowest BCUT2D eigenvalue weighted by Gasteiger charge is -2.15. The van der Waals surface area contributed by atoms with Gasteiger partial charge in [0, 0.05) is 11.7 Å². The first-order chi connectivity index (χ1) is 8.06. The largest absolute Gasteiger partial charge is 0.324 e. The quantitative estimate of drug-likeness (QED) is 0.837. The van der Waals surface area contributed by atoms with Crippen LogP contribution in [0.5, 0.6) is 0 Å². The SMILES string of the molecule is Cc1ccc(NC(=O)C(C)NC2CC2)c(C)c1. The second kappa shape index (κ2) is 4.88. The molecule has 0 saturated heterocycles. The average Bonchev–Trinajstić information content (AvgIpc) is 3.06. The Kier molecular flexibility index (Phi) is 3.48. The van der Waals surface area contributed by atoms with Crippen LogP contribution in [-0.2, 0) is 4.79 Å². The summed E-state index contributed by atoms with van der Waals surface area (Å²) in [5, 5.41) is 6.26. The molecule has 3 heteroatoms. The predicted octanol–water partition coefficient (Wildman–Crippen LogP) is 2.38. The predicted molar refractivity (Wildman–Crippen MR) is 70.2 cm³/mol. The Bertz CT molecular complexity index is 424. The van der Waals surface area contributed by atoms with Crippen molar-refractivity contribution in [3.05, 3.63) is 29.3 Å². The molecule has 1 aliphatic rings. The van der Waals surface area contributed by atoms with Gasteiger partial charge >= 0.3 is 0 Å². The number of nitrogens with one attached hydrogen (secondary N) is 2. The lowest BCUT2D eigenvalue weighted by molar-refractivity contribution is -0.117. The molecule has 3 nitrogen and oxygen atoms in total. The van der Waals surface area contributed by atoms with Crippen LogP contribution in [0.2, 0.25) is 0 Å². The number of rotatable bonds is 4. The highest BCUT2D eigenvalue weighted by Gasteiger charge is 2.25. The zero-order valence-corrected chi connectivity index (χ0v) is 10.7. The normalized spacial score (nSPS) is 16.6. The van der Waals surface area contributed by atoms with E-state index in [2.05, 4.69) is 23.6 Å². The Morgan fingerprint density at radius 3 is 2.65 bits per heavy atom. The van der Waals surface area contributed by atoms with E-state index in [0.29, 0.717) is 6.04 Å². The van der Waals surface area contributed by atoms with Crippen molar-refractivity contribution in [1.82, 2.24) is 5.32 Å². The summed E-state index contributed by atoms with van der Waals surface area (Å²) in [6.07, 6.45) is 2.39. The van der Waals surface area contributed by atoms with Crippen molar-refractivity contribution in [3.8, 4) is 0 Å². The summed E-state index contributed by atoms with van der Waals surface area (Å²) in [6, 6.07) is 6.49. The third-order valence-corrected chi connectivity index (χ3v) is 3.10. The smallest absolute Gasteiger partial charge is 0.241 e. The van der Waals surface area contributed by atoms with Gasteiger partial charge in [-0.25, -0.2) is 0 Å². The number of carbonyl (C=O) groups is 1. The highest BCUT2D eigenvalue weighted by molar-refractivity contribution is 5.95. The second-order valence-corrected chi connectivity index (χ2v) is 4.97. The minimum atomic E-state index is -0.122. The first-order valence-electron chi connectivity index (χ1n) is 6.20. The fourth-order valence-corrected chi connectivity index (χ4v) is 1.87. The maximum Gasteiger partial charge on any atom is 0.241 e. The van der Waals surface area contributed by atoms with Crippen LogP contribution in [0.15, 0.2) is 18.2 Å². The van der Waals surface area contributed by atoms with E-state index < -0.39 is 0 Å². The zero-order valence-electron chi connectivity index (χ0n) is 10.7. The van der Waals surface area contributed by atoms with Crippen molar-refractivity contribution in [2.45, 2.75) is 45.7 Å². The summed E-state index contributed by atoms with van der Waals surface area (Å²) in [6.45, 7) is 5.98. The summed E-state index contributed by atoms with van der Waals surface area (Å²) < 4.78 is 0. The zero-order chi connectivity index (χ0) is 12.4. The van der Waals surface area contributed by atoms with Gasteiger partial charge in [-0.3, -0.25) is 4.79 Å². The summed E-state index contributed by atoms with van der Waals surface area (Å²) >= 11 is 0. The van der Waals surface area contributed by atoms with Gasteiger partial charge in [-0.05, 0) is 45.2 Å². The summed E-state index contributed by atoms with van der Waals surface area (Å²) in [5.74, 6) is 0.0452. The van der Waals surface area contributed by atoms with Crippen molar-refractivity contribution in [2.75, 3.05) is 5.32 Å². The van der Waals surface area contributed by atoms with E-state index in [1.165, 1.54) is 18.4 Å². The number of anilines is 1. The number of aryl methyl sites for hydroxylation is 2. The molecule has 1 aliphatic carbocycles. The molecule has 0 bridgehead atoms. The molecule has 1 saturated carbocycles. The van der Waals surface area contributed by atoms with E-state index in [0.717, 1.165) is 11.3 Å². The van der Waals surface area contributed by atoms with Crippen molar-refractivity contribution in [2.24, 2.45) is 0 Å². The average molecular weight is 232 g/mol. The van der Waals surface area contributed by atoms with E-state index in [-0.39, 0.29) is 11.9 Å². The van der Waals surface area contributed by atoms with E-state index in [4.69, 9.17) is 0 Å². The third-order valence-electron chi connectivity index (χ3n) is 3.10. The van der Waals surface area contributed by atoms with E-state index in [1.54, 1.807) is 0 Å². The van der Waals surface area contributed by atoms with Crippen LogP contribution in [0.4, 0.5) is 5.69 Å². The summed E-state index contributed by atoms with van der Waals surface area (Å²) in [4.78, 5) is 11.9. The Morgan fingerprint density at radius 2 is 2.06 bits per heavy atom. The molecule has 1 atom stereocenters. The van der Waals surface area contributed by atoms with Crippen molar-refractivity contribution in [1.29, 1.82) is 0 Å². The summed E-state index contributed by atoms with van der Waals surface area (Å²) in [5.41, 5.74) is 3.23. The van der Waals surface area contributed by atoms with Gasteiger partial charge in [-0.15, -0.1) is 0 Å². The van der Waals surface area contributed by atoms with Crippen LogP contribution >= 0.6 is 0 Å². The lowest BCUT2D eigenvalue weighted by atomic mass is 10.1. The van der Waals surface area contributed by atoms with Gasteiger partial charge in [0.15, 0.2) is 0 Å². The molecule has 2 rings (SSSR count). The summed E-state index contributed by atoms with van der Waals surface area (Å²) in [7, 11) is 0. The minimum Gasteiger partial charge on any atom is -0.324 e. The van der Waals surface area contributed by atoms with Gasteiger partial charge in [0.2, 0.25) is 5.91 Å². The Hall–Kier alpha value is -1.35. The van der Waals surface area contributed by atoms with Crippen LogP contribution in [-0.4, -0.2) is 18.0 Å². The molecular formula is C14H20N2O. The molecule has 2 N–H and O–H groups in total. The van der Waals surface area contributed by atoms with Gasteiger partial charge in [-0.1, -0.05) is 17.7 Å². The molecule has 1 unspecified atom stereocenters. The lowest BCUT2D eigenvalue weighted by Crippen LogP contribution is -2.39. The Balaban J connectivity index is 1.96. The van der Waals surface area contributed by atoms with Crippen LogP contribution < -0.4 is 10.6 Å². The number of hydrogen-bond donors (Lipinski definition) is 2. The molecule has 0 spiro atoms. The molecular weight excluding hydrogens is 212 g/mol. The van der Waals surface area contributed by atoms with Crippen LogP contribution in [0.25, 0.3) is 0 Å². The standard InChI is InChI=1S/C14H20N2O/c1-9-4-7-13(10(2)8-9)16-14(17)11(3)15-12-5-6-12/h4,7-8,11-12,15H,5-6H2,1-3H3,(H,16,17). The van der Waals surface area contributed by atoms with Crippen molar-refractivity contribution in [3.63, 3.8) is 0 Å². The third kappa shape index (κ3) is 3.30. The molecule has 0 aromatic heterocycles. The van der Waals surface area contributed by atoms with Gasteiger partial charge in [0.25, 0.3) is 0 Å². The molecule has 92 valence electrons. The monoisotopic (exact) mass is 232 g/mol. The first-order valence-corrected chi connectivity index (χ1v) is 6.20. The maximum absolute atomic E-state index is 11.9. The van der Waals surface area contributed by atoms with Gasteiger partial charge in [-0.2, -0.15) is 0 Å². The van der Waals surface area contributed by atoms with Gasteiger partial charge in [0.1, 0.15) is 0 Å². The van der Waals surface area contributed by atoms with E-state index >= 15 is 0 Å². The molecule has 0 aliphatic heterocycles. The second-order valence-electron chi connectivity index (χ2n) is 4.97. The molecule has 1 fully saturated rings. The van der Waals surface area contributed by atoms with E-state index in [1.807, 2.05) is 26.0 Å².